The molecule has 0 radical (unpaired) electrons. The van der Waals surface area contributed by atoms with Crippen LogP contribution in [0.1, 0.15) is 4.88 Å². The normalized spacial score (nSPS) is 10.6. The lowest BCUT2D eigenvalue weighted by molar-refractivity contribution is -0.117. The number of urea groups is 1. The first-order valence-corrected chi connectivity index (χ1v) is 9.16. The summed E-state index contributed by atoms with van der Waals surface area (Å²) in [5.74, 6) is 0.813. The molecule has 25 heavy (non-hydrogen) atoms. The predicted molar refractivity (Wildman–Crippen MR) is 94.1 cm³/mol. The Kier molecular flexibility index (Phi) is 5.51. The van der Waals surface area contributed by atoms with Crippen molar-refractivity contribution in [2.75, 3.05) is 5.75 Å². The zero-order valence-corrected chi connectivity index (χ0v) is 14.9. The Labute approximate surface area is 151 Å². The van der Waals surface area contributed by atoms with Crippen molar-refractivity contribution < 1.29 is 14.0 Å². The van der Waals surface area contributed by atoms with E-state index in [0.29, 0.717) is 23.3 Å². The maximum atomic E-state index is 11.9. The number of imide groups is 1. The van der Waals surface area contributed by atoms with Crippen molar-refractivity contribution in [1.29, 1.82) is 0 Å². The number of rotatable bonds is 6. The van der Waals surface area contributed by atoms with Gasteiger partial charge >= 0.3 is 6.03 Å². The summed E-state index contributed by atoms with van der Waals surface area (Å²) < 4.78 is 7.02. The van der Waals surface area contributed by atoms with Crippen molar-refractivity contribution in [3.8, 4) is 11.6 Å². The summed E-state index contributed by atoms with van der Waals surface area (Å²) in [5.41, 5.74) is 0. The number of nitrogens with zero attached hydrogens (tertiary/aromatic N) is 3. The van der Waals surface area contributed by atoms with Gasteiger partial charge in [0.2, 0.25) is 5.91 Å². The van der Waals surface area contributed by atoms with Gasteiger partial charge in [-0.25, -0.2) is 4.79 Å². The van der Waals surface area contributed by atoms with Gasteiger partial charge in [-0.1, -0.05) is 17.8 Å². The number of thiophene rings is 1. The van der Waals surface area contributed by atoms with Crippen LogP contribution in [0.2, 0.25) is 0 Å². The second-order valence-corrected chi connectivity index (χ2v) is 6.92. The Morgan fingerprint density at radius 1 is 1.32 bits per heavy atom. The van der Waals surface area contributed by atoms with Crippen molar-refractivity contribution in [3.05, 3.63) is 40.8 Å². The van der Waals surface area contributed by atoms with E-state index >= 15 is 0 Å². The Balaban J connectivity index is 1.47. The zero-order chi connectivity index (χ0) is 17.6. The third kappa shape index (κ3) is 4.48. The highest BCUT2D eigenvalue weighted by Gasteiger charge is 2.15. The molecular formula is C15H15N5O3S2. The van der Waals surface area contributed by atoms with Gasteiger partial charge in [0.15, 0.2) is 16.7 Å². The topological polar surface area (TPSA) is 102 Å². The molecular weight excluding hydrogens is 362 g/mol. The fourth-order valence-corrected chi connectivity index (χ4v) is 3.33. The molecule has 0 unspecified atom stereocenters. The number of hydrogen-bond acceptors (Lipinski definition) is 7. The van der Waals surface area contributed by atoms with Gasteiger partial charge in [0.05, 0.1) is 18.6 Å². The summed E-state index contributed by atoms with van der Waals surface area (Å²) >= 11 is 2.73. The SMILES string of the molecule is Cn1c(SCC(=O)NC(=O)NCc2cccs2)nnc1-c1ccco1. The minimum atomic E-state index is -0.520. The summed E-state index contributed by atoms with van der Waals surface area (Å²) in [6, 6.07) is 6.84. The van der Waals surface area contributed by atoms with Crippen LogP contribution in [0.4, 0.5) is 4.79 Å². The van der Waals surface area contributed by atoms with Crippen molar-refractivity contribution in [1.82, 2.24) is 25.4 Å². The summed E-state index contributed by atoms with van der Waals surface area (Å²) in [4.78, 5) is 24.6. The average Bonchev–Trinajstić information content (AvgIpc) is 3.33. The fourth-order valence-electron chi connectivity index (χ4n) is 1.98. The molecule has 3 heterocycles. The Bertz CT molecular complexity index is 843. The molecule has 0 aromatic carbocycles. The molecule has 0 saturated carbocycles. The van der Waals surface area contributed by atoms with Gasteiger partial charge in [-0.15, -0.1) is 21.5 Å². The zero-order valence-electron chi connectivity index (χ0n) is 13.3. The lowest BCUT2D eigenvalue weighted by Crippen LogP contribution is -2.39. The average molecular weight is 377 g/mol. The molecule has 0 fully saturated rings. The number of amides is 3. The smallest absolute Gasteiger partial charge is 0.321 e. The first-order valence-electron chi connectivity index (χ1n) is 7.29. The largest absolute Gasteiger partial charge is 0.461 e. The molecule has 0 bridgehead atoms. The van der Waals surface area contributed by atoms with Crippen LogP contribution in [0.15, 0.2) is 45.5 Å². The molecule has 0 spiro atoms. The van der Waals surface area contributed by atoms with Crippen LogP contribution in [-0.2, 0) is 18.4 Å². The van der Waals surface area contributed by atoms with E-state index in [1.807, 2.05) is 17.5 Å². The number of hydrogen-bond donors (Lipinski definition) is 2. The molecule has 130 valence electrons. The van der Waals surface area contributed by atoms with Crippen LogP contribution in [0.5, 0.6) is 0 Å². The van der Waals surface area contributed by atoms with Crippen molar-refractivity contribution in [3.63, 3.8) is 0 Å². The maximum absolute atomic E-state index is 11.9. The molecule has 8 nitrogen and oxygen atoms in total. The van der Waals surface area contributed by atoms with E-state index in [1.165, 1.54) is 23.1 Å². The van der Waals surface area contributed by atoms with Crippen LogP contribution in [0.3, 0.4) is 0 Å². The van der Waals surface area contributed by atoms with Crippen LogP contribution in [0, 0.1) is 0 Å². The van der Waals surface area contributed by atoms with Crippen molar-refractivity contribution in [2.24, 2.45) is 7.05 Å². The van der Waals surface area contributed by atoms with Gasteiger partial charge < -0.3 is 14.3 Å². The molecule has 3 amide bonds. The number of furan rings is 1. The molecule has 2 N–H and O–H groups in total. The minimum Gasteiger partial charge on any atom is -0.461 e. The van der Waals surface area contributed by atoms with Crippen LogP contribution in [0.25, 0.3) is 11.6 Å². The van der Waals surface area contributed by atoms with Gasteiger partial charge in [-0.2, -0.15) is 0 Å². The van der Waals surface area contributed by atoms with E-state index in [0.717, 1.165) is 4.88 Å². The molecule has 3 rings (SSSR count). The third-order valence-corrected chi connectivity index (χ3v) is 5.06. The van der Waals surface area contributed by atoms with E-state index in [9.17, 15) is 9.59 Å². The highest BCUT2D eigenvalue weighted by molar-refractivity contribution is 7.99. The molecule has 0 atom stereocenters. The van der Waals surface area contributed by atoms with Gasteiger partial charge in [-0.05, 0) is 23.6 Å². The first kappa shape index (κ1) is 17.2. The van der Waals surface area contributed by atoms with Crippen LogP contribution < -0.4 is 10.6 Å². The van der Waals surface area contributed by atoms with Crippen molar-refractivity contribution in [2.45, 2.75) is 11.7 Å². The number of nitrogens with one attached hydrogen (secondary N) is 2. The third-order valence-electron chi connectivity index (χ3n) is 3.17. The summed E-state index contributed by atoms with van der Waals surface area (Å²) in [6.07, 6.45) is 1.55. The Hall–Kier alpha value is -2.59. The van der Waals surface area contributed by atoms with E-state index < -0.39 is 11.9 Å². The van der Waals surface area contributed by atoms with E-state index in [-0.39, 0.29) is 5.75 Å². The monoisotopic (exact) mass is 377 g/mol. The minimum absolute atomic E-state index is 0.0521. The molecule has 3 aromatic heterocycles. The highest BCUT2D eigenvalue weighted by Crippen LogP contribution is 2.22. The molecule has 0 aliphatic rings. The summed E-state index contributed by atoms with van der Waals surface area (Å²) in [7, 11) is 1.78. The second-order valence-electron chi connectivity index (χ2n) is 4.94. The van der Waals surface area contributed by atoms with Gasteiger partial charge in [0.25, 0.3) is 0 Å². The number of carbonyl (C=O) groups is 2. The number of aromatic nitrogens is 3. The van der Waals surface area contributed by atoms with E-state index in [2.05, 4.69) is 20.8 Å². The number of carbonyl (C=O) groups excluding carboxylic acids is 2. The van der Waals surface area contributed by atoms with Gasteiger partial charge in [0.1, 0.15) is 0 Å². The first-order chi connectivity index (χ1) is 12.1. The lowest BCUT2D eigenvalue weighted by Gasteiger charge is -2.05. The molecule has 3 aromatic rings. The fraction of sp³-hybridized carbons (Fsp3) is 0.200. The Morgan fingerprint density at radius 3 is 2.92 bits per heavy atom. The summed E-state index contributed by atoms with van der Waals surface area (Å²) in [6.45, 7) is 0.389. The van der Waals surface area contributed by atoms with Crippen LogP contribution in [-0.4, -0.2) is 32.5 Å². The quantitative estimate of drug-likeness (QED) is 0.639. The molecule has 10 heteroatoms. The standard InChI is InChI=1S/C15H15N5O3S2/c1-20-13(11-5-2-6-23-11)18-19-15(20)25-9-12(21)17-14(22)16-8-10-4-3-7-24-10/h2-7H,8-9H2,1H3,(H2,16,17,21,22). The second kappa shape index (κ2) is 7.99. The lowest BCUT2D eigenvalue weighted by atomic mass is 10.4. The van der Waals surface area contributed by atoms with Crippen molar-refractivity contribution >= 4 is 35.0 Å². The molecule has 0 saturated heterocycles. The molecule has 0 aliphatic heterocycles. The predicted octanol–water partition coefficient (Wildman–Crippen LogP) is 2.25. The summed E-state index contributed by atoms with van der Waals surface area (Å²) in [5, 5.41) is 15.5. The van der Waals surface area contributed by atoms with E-state index in [1.54, 1.807) is 30.0 Å². The maximum Gasteiger partial charge on any atom is 0.321 e. The Morgan fingerprint density at radius 2 is 2.20 bits per heavy atom. The van der Waals surface area contributed by atoms with E-state index in [4.69, 9.17) is 4.42 Å². The number of thioether (sulfide) groups is 1. The van der Waals surface area contributed by atoms with Crippen LogP contribution >= 0.6 is 23.1 Å². The molecule has 0 aliphatic carbocycles. The highest BCUT2D eigenvalue weighted by atomic mass is 32.2. The van der Waals surface area contributed by atoms with Gasteiger partial charge in [-0.3, -0.25) is 10.1 Å². The van der Waals surface area contributed by atoms with Gasteiger partial charge in [0, 0.05) is 11.9 Å².